The number of aliphatic hydroxyl groups is 1. The number of thiazole rings is 1. The van der Waals surface area contributed by atoms with E-state index in [9.17, 15) is 9.90 Å². The molecule has 4 rings (SSSR count). The third-order valence-corrected chi connectivity index (χ3v) is 6.23. The number of hydrogen-bond acceptors (Lipinski definition) is 8. The summed E-state index contributed by atoms with van der Waals surface area (Å²) in [5.74, 6) is -0.305. The lowest BCUT2D eigenvalue weighted by Gasteiger charge is -2.16. The zero-order valence-corrected chi connectivity index (χ0v) is 17.4. The Balaban J connectivity index is 1.38. The van der Waals surface area contributed by atoms with Crippen molar-refractivity contribution >= 4 is 17.3 Å². The van der Waals surface area contributed by atoms with Crippen LogP contribution in [-0.4, -0.2) is 27.6 Å². The molecule has 1 atom stereocenters. The van der Waals surface area contributed by atoms with E-state index in [0.29, 0.717) is 24.2 Å². The monoisotopic (exact) mass is 420 g/mol. The Hall–Kier alpha value is -3.12. The number of fused-ring (bicyclic) bond motifs is 1. The Morgan fingerprint density at radius 2 is 2.17 bits per heavy atom. The Kier molecular flexibility index (Phi) is 5.59. The highest BCUT2D eigenvalue weighted by molar-refractivity contribution is 7.14. The lowest BCUT2D eigenvalue weighted by Crippen LogP contribution is -2.21. The van der Waals surface area contributed by atoms with Crippen molar-refractivity contribution in [3.63, 3.8) is 0 Å². The topological polar surface area (TPSA) is 108 Å². The van der Waals surface area contributed by atoms with Crippen LogP contribution in [0.2, 0.25) is 0 Å². The van der Waals surface area contributed by atoms with Gasteiger partial charge in [0.25, 0.3) is 0 Å². The van der Waals surface area contributed by atoms with Crippen LogP contribution in [0.4, 0.5) is 0 Å². The maximum atomic E-state index is 11.7. The van der Waals surface area contributed by atoms with Crippen molar-refractivity contribution in [2.45, 2.75) is 33.1 Å². The van der Waals surface area contributed by atoms with Gasteiger partial charge in [0.1, 0.15) is 17.7 Å². The number of pyridine rings is 1. The van der Waals surface area contributed by atoms with E-state index in [1.54, 1.807) is 24.5 Å². The van der Waals surface area contributed by atoms with Gasteiger partial charge in [0.05, 0.1) is 22.9 Å². The zero-order chi connectivity index (χ0) is 21.3. The number of esters is 1. The number of nitrogens with zero attached hydrogens (tertiary/aromatic N) is 3. The van der Waals surface area contributed by atoms with Gasteiger partial charge in [-0.2, -0.15) is 5.26 Å². The van der Waals surface area contributed by atoms with Crippen LogP contribution in [0, 0.1) is 25.2 Å². The fourth-order valence-electron chi connectivity index (χ4n) is 3.47. The molecule has 1 aliphatic rings. The minimum absolute atomic E-state index is 0.264. The molecule has 0 spiro atoms. The van der Waals surface area contributed by atoms with Crippen LogP contribution in [0.5, 0.6) is 0 Å². The van der Waals surface area contributed by atoms with Gasteiger partial charge in [-0.15, -0.1) is 11.3 Å². The van der Waals surface area contributed by atoms with Crippen LogP contribution in [0.3, 0.4) is 0 Å². The molecule has 30 heavy (non-hydrogen) atoms. The average molecular weight is 420 g/mol. The van der Waals surface area contributed by atoms with Gasteiger partial charge in [-0.1, -0.05) is 6.07 Å². The molecular formula is C22H20N4O3S. The van der Waals surface area contributed by atoms with E-state index < -0.39 is 6.10 Å². The molecule has 0 radical (unpaired) electrons. The van der Waals surface area contributed by atoms with Gasteiger partial charge in [0.15, 0.2) is 0 Å². The molecule has 8 heteroatoms. The van der Waals surface area contributed by atoms with Crippen LogP contribution in [0.1, 0.15) is 49.2 Å². The van der Waals surface area contributed by atoms with Crippen molar-refractivity contribution in [3.05, 3.63) is 68.9 Å². The van der Waals surface area contributed by atoms with Crippen molar-refractivity contribution in [1.82, 2.24) is 15.3 Å². The van der Waals surface area contributed by atoms with Crippen molar-refractivity contribution < 1.29 is 14.6 Å². The number of aliphatic hydroxyl groups excluding tert-OH is 1. The van der Waals surface area contributed by atoms with Crippen LogP contribution < -0.4 is 5.32 Å². The van der Waals surface area contributed by atoms with Gasteiger partial charge in [0, 0.05) is 35.9 Å². The highest BCUT2D eigenvalue weighted by Gasteiger charge is 2.25. The lowest BCUT2D eigenvalue weighted by molar-refractivity contribution is 0.0535. The molecule has 0 bridgehead atoms. The lowest BCUT2D eigenvalue weighted by atomic mass is 9.95. The summed E-state index contributed by atoms with van der Waals surface area (Å²) in [5.41, 5.74) is 5.31. The van der Waals surface area contributed by atoms with Crippen LogP contribution in [0.25, 0.3) is 10.7 Å². The second-order valence-corrected chi connectivity index (χ2v) is 8.27. The van der Waals surface area contributed by atoms with E-state index in [0.717, 1.165) is 37.8 Å². The third-order valence-electron chi connectivity index (χ3n) is 5.21. The number of benzene rings is 1. The van der Waals surface area contributed by atoms with E-state index in [4.69, 9.17) is 10.00 Å². The Morgan fingerprint density at radius 1 is 1.33 bits per heavy atom. The summed E-state index contributed by atoms with van der Waals surface area (Å²) in [6, 6.07) is 7.49. The number of nitrogens with one attached hydrogen (secondary N) is 1. The standard InChI is InChI=1S/C22H20N4O3S/c1-12-5-19(25-7-14(12)6-23)21-26-9-15(30-21)8-24-10-20(27)16-3-4-17-18(13(16)2)11-29-22(17)28/h3-5,7,9,20,24,27H,8,10-11H2,1-2H3/t20-/m0/s1. The highest BCUT2D eigenvalue weighted by atomic mass is 32.1. The maximum absolute atomic E-state index is 11.7. The summed E-state index contributed by atoms with van der Waals surface area (Å²) in [7, 11) is 0. The van der Waals surface area contributed by atoms with E-state index >= 15 is 0 Å². The first-order chi connectivity index (χ1) is 14.5. The second kappa shape index (κ2) is 8.32. The number of carbonyl (C=O) groups excluding carboxylic acids is 1. The largest absolute Gasteiger partial charge is 0.457 e. The predicted molar refractivity (Wildman–Crippen MR) is 112 cm³/mol. The normalized spacial score (nSPS) is 13.6. The number of carbonyl (C=O) groups is 1. The summed E-state index contributed by atoms with van der Waals surface area (Å²) in [5, 5.41) is 23.7. The summed E-state index contributed by atoms with van der Waals surface area (Å²) >= 11 is 1.52. The molecule has 0 aliphatic carbocycles. The van der Waals surface area contributed by atoms with Gasteiger partial charge in [-0.05, 0) is 42.7 Å². The van der Waals surface area contributed by atoms with E-state index in [1.165, 1.54) is 11.3 Å². The summed E-state index contributed by atoms with van der Waals surface area (Å²) in [6.45, 7) is 4.98. The van der Waals surface area contributed by atoms with Crippen molar-refractivity contribution in [2.75, 3.05) is 6.54 Å². The molecule has 7 nitrogen and oxygen atoms in total. The molecule has 0 unspecified atom stereocenters. The summed E-state index contributed by atoms with van der Waals surface area (Å²) in [4.78, 5) is 21.4. The van der Waals surface area contributed by atoms with Crippen LogP contribution in [-0.2, 0) is 17.9 Å². The molecule has 0 saturated heterocycles. The van der Waals surface area contributed by atoms with Gasteiger partial charge in [0.2, 0.25) is 0 Å². The summed E-state index contributed by atoms with van der Waals surface area (Å²) in [6.07, 6.45) is 2.66. The molecular weight excluding hydrogens is 400 g/mol. The first-order valence-corrected chi connectivity index (χ1v) is 10.3. The number of nitriles is 1. The molecule has 0 fully saturated rings. The van der Waals surface area contributed by atoms with Crippen molar-refractivity contribution in [3.8, 4) is 16.8 Å². The van der Waals surface area contributed by atoms with Crippen LogP contribution >= 0.6 is 11.3 Å². The van der Waals surface area contributed by atoms with E-state index in [2.05, 4.69) is 21.4 Å². The minimum Gasteiger partial charge on any atom is -0.457 e. The van der Waals surface area contributed by atoms with Crippen LogP contribution in [0.15, 0.2) is 30.6 Å². The second-order valence-electron chi connectivity index (χ2n) is 7.16. The average Bonchev–Trinajstić information content (AvgIpc) is 3.36. The molecule has 0 saturated carbocycles. The Morgan fingerprint density at radius 3 is 2.93 bits per heavy atom. The molecule has 1 aromatic carbocycles. The van der Waals surface area contributed by atoms with Crippen molar-refractivity contribution in [2.24, 2.45) is 0 Å². The highest BCUT2D eigenvalue weighted by Crippen LogP contribution is 2.29. The molecule has 3 heterocycles. The SMILES string of the molecule is Cc1cc(-c2ncc(CNC[C@H](O)c3ccc4c(c3C)COC4=O)s2)ncc1C#N. The fourth-order valence-corrected chi connectivity index (χ4v) is 4.32. The molecule has 2 aromatic heterocycles. The van der Waals surface area contributed by atoms with Gasteiger partial charge in [-0.3, -0.25) is 4.98 Å². The number of aryl methyl sites for hydroxylation is 1. The van der Waals surface area contributed by atoms with Gasteiger partial charge >= 0.3 is 5.97 Å². The summed E-state index contributed by atoms with van der Waals surface area (Å²) < 4.78 is 5.07. The fraction of sp³-hybridized carbons (Fsp3) is 0.273. The number of rotatable bonds is 6. The number of cyclic esters (lactones) is 1. The number of ether oxygens (including phenoxy) is 1. The molecule has 0 amide bonds. The Labute approximate surface area is 178 Å². The van der Waals surface area contributed by atoms with E-state index in [1.807, 2.05) is 19.9 Å². The number of hydrogen-bond donors (Lipinski definition) is 2. The first kappa shape index (κ1) is 20.2. The van der Waals surface area contributed by atoms with Crippen molar-refractivity contribution in [1.29, 1.82) is 5.26 Å². The molecule has 152 valence electrons. The van der Waals surface area contributed by atoms with Gasteiger partial charge < -0.3 is 15.2 Å². The maximum Gasteiger partial charge on any atom is 0.338 e. The molecule has 3 aromatic rings. The third kappa shape index (κ3) is 3.83. The zero-order valence-electron chi connectivity index (χ0n) is 16.6. The predicted octanol–water partition coefficient (Wildman–Crippen LogP) is 3.19. The Bertz CT molecular complexity index is 1170. The van der Waals surface area contributed by atoms with Gasteiger partial charge in [-0.25, -0.2) is 9.78 Å². The quantitative estimate of drug-likeness (QED) is 0.590. The molecule has 1 aliphatic heterocycles. The first-order valence-electron chi connectivity index (χ1n) is 9.48. The van der Waals surface area contributed by atoms with E-state index in [-0.39, 0.29) is 12.6 Å². The minimum atomic E-state index is -0.693. The smallest absolute Gasteiger partial charge is 0.338 e. The molecule has 2 N–H and O–H groups in total. The number of aromatic nitrogens is 2.